The number of amides is 1. The number of nitrogens with zero attached hydrogens (tertiary/aromatic N) is 2. The highest BCUT2D eigenvalue weighted by molar-refractivity contribution is 5.82. The number of fused-ring (bicyclic) bond motifs is 1. The fourth-order valence-electron chi connectivity index (χ4n) is 3.27. The minimum atomic E-state index is -0.141. The van der Waals surface area contributed by atoms with Crippen molar-refractivity contribution in [3.8, 4) is 0 Å². The molecule has 0 bridgehead atoms. The summed E-state index contributed by atoms with van der Waals surface area (Å²) in [6, 6.07) is 8.28. The number of benzene rings is 1. The fraction of sp³-hybridized carbons (Fsp3) is 0.474. The van der Waals surface area contributed by atoms with Gasteiger partial charge in [-0.05, 0) is 23.5 Å². The van der Waals surface area contributed by atoms with Crippen LogP contribution in [0.3, 0.4) is 0 Å². The lowest BCUT2D eigenvalue weighted by Crippen LogP contribution is -2.51. The topological polar surface area (TPSA) is 61.0 Å². The van der Waals surface area contributed by atoms with Crippen molar-refractivity contribution in [2.24, 2.45) is 5.92 Å². The summed E-state index contributed by atoms with van der Waals surface area (Å²) in [6.45, 7) is 6.50. The van der Waals surface area contributed by atoms with Crippen LogP contribution < -0.4 is 5.32 Å². The van der Waals surface area contributed by atoms with Crippen LogP contribution in [0.5, 0.6) is 0 Å². The number of carbonyl (C=O) groups is 1. The van der Waals surface area contributed by atoms with Gasteiger partial charge in [-0.2, -0.15) is 0 Å². The maximum absolute atomic E-state index is 13.0. The van der Waals surface area contributed by atoms with Gasteiger partial charge >= 0.3 is 0 Å². The van der Waals surface area contributed by atoms with Crippen LogP contribution in [0.2, 0.25) is 0 Å². The van der Waals surface area contributed by atoms with Crippen molar-refractivity contribution < 1.29 is 4.79 Å². The number of imidazole rings is 1. The third-order valence-corrected chi connectivity index (χ3v) is 4.69. The molecule has 1 aromatic heterocycles. The second-order valence-electron chi connectivity index (χ2n) is 6.78. The first kappa shape index (κ1) is 16.7. The Morgan fingerprint density at radius 3 is 2.83 bits per heavy atom. The molecule has 128 valence electrons. The van der Waals surface area contributed by atoms with E-state index in [1.54, 1.807) is 6.33 Å². The quantitative estimate of drug-likeness (QED) is 0.855. The van der Waals surface area contributed by atoms with E-state index in [0.717, 1.165) is 38.2 Å². The molecule has 1 atom stereocenters. The van der Waals surface area contributed by atoms with Gasteiger partial charge in [-0.25, -0.2) is 4.98 Å². The van der Waals surface area contributed by atoms with E-state index < -0.39 is 0 Å². The zero-order chi connectivity index (χ0) is 16.9. The number of nitrogens with one attached hydrogen (secondary N) is 2. The molecule has 3 rings (SSSR count). The molecule has 0 fully saturated rings. The minimum absolute atomic E-state index is 0.141. The Bertz CT molecular complexity index is 666. The van der Waals surface area contributed by atoms with Crippen molar-refractivity contribution in [1.82, 2.24) is 20.2 Å². The van der Waals surface area contributed by atoms with Gasteiger partial charge in [-0.15, -0.1) is 0 Å². The Morgan fingerprint density at radius 2 is 2.12 bits per heavy atom. The summed E-state index contributed by atoms with van der Waals surface area (Å²) in [4.78, 5) is 22.1. The van der Waals surface area contributed by atoms with Gasteiger partial charge in [0.25, 0.3) is 0 Å². The van der Waals surface area contributed by atoms with Gasteiger partial charge in [0.1, 0.15) is 0 Å². The van der Waals surface area contributed by atoms with E-state index in [0.29, 0.717) is 0 Å². The number of aromatic nitrogens is 2. The average molecular weight is 326 g/mol. The molecule has 0 unspecified atom stereocenters. The standard InChI is InChI=1S/C19H26N4O/c1-14(2)18(21-9-7-17-11-20-13-22-17)19(24)23-10-8-15-5-3-4-6-16(15)12-23/h3-6,11,13-14,18,21H,7-10,12H2,1-2H3,(H,20,22)/t18-/m0/s1. The van der Waals surface area contributed by atoms with Crippen molar-refractivity contribution in [2.75, 3.05) is 13.1 Å². The predicted octanol–water partition coefficient (Wildman–Crippen LogP) is 2.15. The van der Waals surface area contributed by atoms with Gasteiger partial charge in [0.15, 0.2) is 0 Å². The van der Waals surface area contributed by atoms with Crippen molar-refractivity contribution in [3.05, 3.63) is 53.6 Å². The molecule has 0 radical (unpaired) electrons. The van der Waals surface area contributed by atoms with Crippen LogP contribution in [0, 0.1) is 5.92 Å². The van der Waals surface area contributed by atoms with Crippen molar-refractivity contribution in [2.45, 2.75) is 39.3 Å². The number of hydrogen-bond donors (Lipinski definition) is 2. The van der Waals surface area contributed by atoms with Gasteiger partial charge in [-0.3, -0.25) is 4.79 Å². The molecule has 1 aliphatic rings. The van der Waals surface area contributed by atoms with E-state index >= 15 is 0 Å². The maximum Gasteiger partial charge on any atom is 0.240 e. The van der Waals surface area contributed by atoms with Gasteiger partial charge in [0.05, 0.1) is 12.4 Å². The molecule has 0 spiro atoms. The Kier molecular flexibility index (Phi) is 5.30. The highest BCUT2D eigenvalue weighted by Gasteiger charge is 2.28. The molecule has 0 saturated carbocycles. The van der Waals surface area contributed by atoms with Crippen LogP contribution in [0.25, 0.3) is 0 Å². The maximum atomic E-state index is 13.0. The van der Waals surface area contributed by atoms with Gasteiger partial charge in [0, 0.05) is 37.9 Å². The molecule has 0 saturated heterocycles. The zero-order valence-corrected chi connectivity index (χ0v) is 14.5. The normalized spacial score (nSPS) is 15.4. The molecular weight excluding hydrogens is 300 g/mol. The summed E-state index contributed by atoms with van der Waals surface area (Å²) in [5.74, 6) is 0.473. The van der Waals surface area contributed by atoms with Crippen molar-refractivity contribution in [3.63, 3.8) is 0 Å². The molecule has 1 amide bonds. The molecule has 24 heavy (non-hydrogen) atoms. The largest absolute Gasteiger partial charge is 0.348 e. The SMILES string of the molecule is CC(C)[C@H](NCCc1cnc[nH]1)C(=O)N1CCc2ccccc2C1. The predicted molar refractivity (Wildman–Crippen MR) is 94.5 cm³/mol. The molecule has 2 aromatic rings. The van der Waals surface area contributed by atoms with Gasteiger partial charge in [-0.1, -0.05) is 38.1 Å². The van der Waals surface area contributed by atoms with Crippen LogP contribution in [0.1, 0.15) is 30.7 Å². The number of rotatable bonds is 6. The highest BCUT2D eigenvalue weighted by atomic mass is 16.2. The Balaban J connectivity index is 1.60. The Hall–Kier alpha value is -2.14. The first-order chi connectivity index (χ1) is 11.6. The van der Waals surface area contributed by atoms with Gasteiger partial charge < -0.3 is 15.2 Å². The second kappa shape index (κ2) is 7.62. The van der Waals surface area contributed by atoms with Crippen molar-refractivity contribution in [1.29, 1.82) is 0 Å². The lowest BCUT2D eigenvalue weighted by Gasteiger charge is -2.33. The summed E-state index contributed by atoms with van der Waals surface area (Å²) in [6.07, 6.45) is 5.31. The first-order valence-electron chi connectivity index (χ1n) is 8.71. The van der Waals surface area contributed by atoms with Crippen LogP contribution in [0.15, 0.2) is 36.8 Å². The molecule has 0 aliphatic carbocycles. The Morgan fingerprint density at radius 1 is 1.33 bits per heavy atom. The third-order valence-electron chi connectivity index (χ3n) is 4.69. The van der Waals surface area contributed by atoms with Crippen LogP contribution in [0.4, 0.5) is 0 Å². The molecule has 2 heterocycles. The average Bonchev–Trinajstić information content (AvgIpc) is 3.11. The summed E-state index contributed by atoms with van der Waals surface area (Å²) in [7, 11) is 0. The Labute approximate surface area is 143 Å². The minimum Gasteiger partial charge on any atom is -0.348 e. The monoisotopic (exact) mass is 326 g/mol. The fourth-order valence-corrected chi connectivity index (χ4v) is 3.27. The smallest absolute Gasteiger partial charge is 0.240 e. The summed E-state index contributed by atoms with van der Waals surface area (Å²) < 4.78 is 0. The molecule has 5 nitrogen and oxygen atoms in total. The van der Waals surface area contributed by atoms with Crippen molar-refractivity contribution >= 4 is 5.91 Å². The van der Waals surface area contributed by atoms with Crippen LogP contribution >= 0.6 is 0 Å². The first-order valence-corrected chi connectivity index (χ1v) is 8.71. The van der Waals surface area contributed by atoms with Crippen LogP contribution in [-0.4, -0.2) is 39.9 Å². The summed E-state index contributed by atoms with van der Waals surface area (Å²) >= 11 is 0. The lowest BCUT2D eigenvalue weighted by atomic mass is 9.97. The summed E-state index contributed by atoms with van der Waals surface area (Å²) in [5, 5.41) is 3.44. The number of carbonyl (C=O) groups excluding carboxylic acids is 1. The van der Waals surface area contributed by atoms with E-state index in [4.69, 9.17) is 0 Å². The molecule has 1 aliphatic heterocycles. The highest BCUT2D eigenvalue weighted by Crippen LogP contribution is 2.20. The molecule has 2 N–H and O–H groups in total. The molecule has 5 heteroatoms. The lowest BCUT2D eigenvalue weighted by molar-refractivity contribution is -0.135. The number of aromatic amines is 1. The summed E-state index contributed by atoms with van der Waals surface area (Å²) in [5.41, 5.74) is 3.73. The van der Waals surface area contributed by atoms with Crippen LogP contribution in [-0.2, 0) is 24.2 Å². The van der Waals surface area contributed by atoms with E-state index in [1.165, 1.54) is 11.1 Å². The number of H-pyrrole nitrogens is 1. The van der Waals surface area contributed by atoms with E-state index in [-0.39, 0.29) is 17.9 Å². The van der Waals surface area contributed by atoms with Gasteiger partial charge in [0.2, 0.25) is 5.91 Å². The number of hydrogen-bond acceptors (Lipinski definition) is 3. The molecular formula is C19H26N4O. The van der Waals surface area contributed by atoms with E-state index in [1.807, 2.05) is 11.1 Å². The second-order valence-corrected chi connectivity index (χ2v) is 6.78. The zero-order valence-electron chi connectivity index (χ0n) is 14.5. The third kappa shape index (κ3) is 3.85. The van der Waals surface area contributed by atoms with E-state index in [9.17, 15) is 4.79 Å². The molecule has 1 aromatic carbocycles. The van der Waals surface area contributed by atoms with E-state index in [2.05, 4.69) is 53.4 Å².